The van der Waals surface area contributed by atoms with E-state index in [0.29, 0.717) is 6.04 Å². The van der Waals surface area contributed by atoms with Crippen LogP contribution in [-0.4, -0.2) is 49.2 Å². The Kier molecular flexibility index (Phi) is 5.02. The molecule has 0 saturated carbocycles. The molecule has 0 aromatic carbocycles. The first-order chi connectivity index (χ1) is 9.11. The van der Waals surface area contributed by atoms with Gasteiger partial charge in [0.25, 0.3) is 0 Å². The van der Waals surface area contributed by atoms with Gasteiger partial charge in [-0.3, -0.25) is 4.90 Å². The molecule has 0 spiro atoms. The Bertz CT molecular complexity index is 414. The van der Waals surface area contributed by atoms with Crippen molar-refractivity contribution in [1.29, 1.82) is 0 Å². The van der Waals surface area contributed by atoms with E-state index in [1.165, 1.54) is 0 Å². The number of pyridine rings is 1. The summed E-state index contributed by atoms with van der Waals surface area (Å²) in [4.78, 5) is 9.29. The first kappa shape index (κ1) is 14.6. The summed E-state index contributed by atoms with van der Waals surface area (Å²) in [6.45, 7) is 9.43. The fraction of sp³-hybridized carbons (Fsp3) is 0.643. The van der Waals surface area contributed by atoms with Gasteiger partial charge in [0.2, 0.25) is 0 Å². The molecule has 19 heavy (non-hydrogen) atoms. The molecule has 4 nitrogen and oxygen atoms in total. The second kappa shape index (κ2) is 6.55. The van der Waals surface area contributed by atoms with Crippen LogP contribution in [0, 0.1) is 0 Å². The molecule has 5 heteroatoms. The molecule has 0 amide bonds. The van der Waals surface area contributed by atoms with Crippen LogP contribution in [0.4, 0.5) is 5.82 Å². The van der Waals surface area contributed by atoms with Gasteiger partial charge >= 0.3 is 0 Å². The Morgan fingerprint density at radius 2 is 2.00 bits per heavy atom. The Morgan fingerprint density at radius 3 is 2.53 bits per heavy atom. The summed E-state index contributed by atoms with van der Waals surface area (Å²) in [5.74, 6) is 0.921. The summed E-state index contributed by atoms with van der Waals surface area (Å²) >= 11 is 6.35. The van der Waals surface area contributed by atoms with Gasteiger partial charge < -0.3 is 10.2 Å². The fourth-order valence-corrected chi connectivity index (χ4v) is 2.76. The van der Waals surface area contributed by atoms with Gasteiger partial charge in [-0.25, -0.2) is 4.98 Å². The second-order valence-electron chi connectivity index (χ2n) is 5.30. The highest BCUT2D eigenvalue weighted by Gasteiger charge is 2.21. The van der Waals surface area contributed by atoms with Gasteiger partial charge in [0.1, 0.15) is 5.82 Å². The average Bonchev–Trinajstić information content (AvgIpc) is 2.39. The molecule has 0 aliphatic carbocycles. The number of nitrogens with one attached hydrogen (secondary N) is 1. The highest BCUT2D eigenvalue weighted by atomic mass is 35.5. The molecule has 106 valence electrons. The minimum Gasteiger partial charge on any atom is -0.353 e. The molecular formula is C14H23ClN4. The van der Waals surface area contributed by atoms with Crippen molar-refractivity contribution in [2.75, 3.05) is 38.1 Å². The average molecular weight is 283 g/mol. The highest BCUT2D eigenvalue weighted by Crippen LogP contribution is 2.25. The molecule has 0 radical (unpaired) electrons. The third kappa shape index (κ3) is 3.59. The van der Waals surface area contributed by atoms with E-state index in [4.69, 9.17) is 11.6 Å². The van der Waals surface area contributed by atoms with Gasteiger partial charge in [-0.1, -0.05) is 11.6 Å². The van der Waals surface area contributed by atoms with Crippen molar-refractivity contribution in [2.24, 2.45) is 0 Å². The number of hydrogen-bond acceptors (Lipinski definition) is 4. The van der Waals surface area contributed by atoms with Crippen LogP contribution < -0.4 is 10.2 Å². The third-order valence-corrected chi connectivity index (χ3v) is 3.88. The summed E-state index contributed by atoms with van der Waals surface area (Å²) in [5, 5.41) is 3.86. The molecule has 2 heterocycles. The van der Waals surface area contributed by atoms with Crippen LogP contribution in [0.25, 0.3) is 0 Å². The van der Waals surface area contributed by atoms with Crippen molar-refractivity contribution in [3.8, 4) is 0 Å². The molecule has 1 aromatic rings. The molecule has 1 fully saturated rings. The molecule has 1 aromatic heterocycles. The Morgan fingerprint density at radius 1 is 1.32 bits per heavy atom. The van der Waals surface area contributed by atoms with E-state index < -0.39 is 0 Å². The molecule has 1 N–H and O–H groups in total. The lowest BCUT2D eigenvalue weighted by atomic mass is 10.2. The van der Waals surface area contributed by atoms with E-state index in [2.05, 4.69) is 33.9 Å². The van der Waals surface area contributed by atoms with Crippen LogP contribution >= 0.6 is 11.6 Å². The molecule has 0 atom stereocenters. The van der Waals surface area contributed by atoms with Crippen molar-refractivity contribution in [1.82, 2.24) is 15.2 Å². The van der Waals surface area contributed by atoms with E-state index in [-0.39, 0.29) is 0 Å². The van der Waals surface area contributed by atoms with E-state index in [1.807, 2.05) is 19.3 Å². The summed E-state index contributed by atoms with van der Waals surface area (Å²) < 4.78 is 0. The summed E-state index contributed by atoms with van der Waals surface area (Å²) in [6, 6.07) is 2.62. The number of hydrogen-bond donors (Lipinski definition) is 1. The Balaban J connectivity index is 2.03. The van der Waals surface area contributed by atoms with E-state index in [0.717, 1.165) is 49.1 Å². The SMILES string of the molecule is CNCc1cnc(N2CCN(C(C)C)CC2)c(Cl)c1. The van der Waals surface area contributed by atoms with Gasteiger partial charge in [0.15, 0.2) is 0 Å². The summed E-state index contributed by atoms with van der Waals surface area (Å²) in [5.41, 5.74) is 1.12. The van der Waals surface area contributed by atoms with Crippen molar-refractivity contribution < 1.29 is 0 Å². The minimum absolute atomic E-state index is 0.614. The predicted molar refractivity (Wildman–Crippen MR) is 80.9 cm³/mol. The smallest absolute Gasteiger partial charge is 0.147 e. The monoisotopic (exact) mass is 282 g/mol. The standard InChI is InChI=1S/C14H23ClN4/c1-11(2)18-4-6-19(7-5-18)14-13(15)8-12(9-16-3)10-17-14/h8,10-11,16H,4-7,9H2,1-3H3. The van der Waals surface area contributed by atoms with Crippen molar-refractivity contribution in [2.45, 2.75) is 26.4 Å². The van der Waals surface area contributed by atoms with Gasteiger partial charge in [0, 0.05) is 45.0 Å². The lowest BCUT2D eigenvalue weighted by Crippen LogP contribution is -2.49. The van der Waals surface area contributed by atoms with Crippen LogP contribution in [-0.2, 0) is 6.54 Å². The van der Waals surface area contributed by atoms with Crippen LogP contribution in [0.1, 0.15) is 19.4 Å². The van der Waals surface area contributed by atoms with Gasteiger partial charge in [-0.15, -0.1) is 0 Å². The first-order valence-electron chi connectivity index (χ1n) is 6.90. The zero-order chi connectivity index (χ0) is 13.8. The summed E-state index contributed by atoms with van der Waals surface area (Å²) in [7, 11) is 1.92. The van der Waals surface area contributed by atoms with Crippen LogP contribution in [0.5, 0.6) is 0 Å². The van der Waals surface area contributed by atoms with Gasteiger partial charge in [0.05, 0.1) is 5.02 Å². The normalized spacial score (nSPS) is 17.2. The largest absolute Gasteiger partial charge is 0.353 e. The van der Waals surface area contributed by atoms with Crippen molar-refractivity contribution in [3.63, 3.8) is 0 Å². The number of piperazine rings is 1. The quantitative estimate of drug-likeness (QED) is 0.915. The molecular weight excluding hydrogens is 260 g/mol. The second-order valence-corrected chi connectivity index (χ2v) is 5.70. The molecule has 0 unspecified atom stereocenters. The third-order valence-electron chi connectivity index (χ3n) is 3.60. The van der Waals surface area contributed by atoms with E-state index >= 15 is 0 Å². The molecule has 0 bridgehead atoms. The molecule has 1 aliphatic rings. The maximum atomic E-state index is 6.35. The lowest BCUT2D eigenvalue weighted by Gasteiger charge is -2.37. The fourth-order valence-electron chi connectivity index (χ4n) is 2.45. The lowest BCUT2D eigenvalue weighted by molar-refractivity contribution is 0.209. The Labute approximate surface area is 120 Å². The van der Waals surface area contributed by atoms with Crippen LogP contribution in [0.3, 0.4) is 0 Å². The van der Waals surface area contributed by atoms with Gasteiger partial charge in [-0.05, 0) is 32.5 Å². The number of nitrogens with zero attached hydrogens (tertiary/aromatic N) is 3. The van der Waals surface area contributed by atoms with Crippen molar-refractivity contribution >= 4 is 17.4 Å². The zero-order valence-electron chi connectivity index (χ0n) is 12.0. The topological polar surface area (TPSA) is 31.4 Å². The molecule has 2 rings (SSSR count). The number of halogens is 1. The van der Waals surface area contributed by atoms with Crippen molar-refractivity contribution in [3.05, 3.63) is 22.8 Å². The number of aromatic nitrogens is 1. The minimum atomic E-state index is 0.614. The number of rotatable bonds is 4. The summed E-state index contributed by atoms with van der Waals surface area (Å²) in [6.07, 6.45) is 1.91. The van der Waals surface area contributed by atoms with Crippen LogP contribution in [0.2, 0.25) is 5.02 Å². The first-order valence-corrected chi connectivity index (χ1v) is 7.27. The molecule has 1 saturated heterocycles. The van der Waals surface area contributed by atoms with Gasteiger partial charge in [-0.2, -0.15) is 0 Å². The zero-order valence-corrected chi connectivity index (χ0v) is 12.7. The highest BCUT2D eigenvalue weighted by molar-refractivity contribution is 6.33. The predicted octanol–water partition coefficient (Wildman–Crippen LogP) is 1.98. The van der Waals surface area contributed by atoms with E-state index in [9.17, 15) is 0 Å². The maximum absolute atomic E-state index is 6.35. The Hall–Kier alpha value is -0.840. The molecule has 1 aliphatic heterocycles. The number of anilines is 1. The maximum Gasteiger partial charge on any atom is 0.147 e. The van der Waals surface area contributed by atoms with E-state index in [1.54, 1.807) is 0 Å². The van der Waals surface area contributed by atoms with Crippen LogP contribution in [0.15, 0.2) is 12.3 Å².